The Kier molecular flexibility index (Phi) is 7.71. The fourth-order valence-electron chi connectivity index (χ4n) is 6.56. The molecular weight excluding hydrogens is 446 g/mol. The summed E-state index contributed by atoms with van der Waals surface area (Å²) in [5.74, 6) is -1.85. The molecule has 0 aromatic heterocycles. The van der Waals surface area contributed by atoms with Gasteiger partial charge < -0.3 is 24.5 Å². The Morgan fingerprint density at radius 2 is 1.57 bits per heavy atom. The number of nitrogens with zero attached hydrogens (tertiary/aromatic N) is 3. The number of fused-ring (bicyclic) bond motifs is 2. The van der Waals surface area contributed by atoms with Gasteiger partial charge in [-0.15, -0.1) is 0 Å². The van der Waals surface area contributed by atoms with Gasteiger partial charge in [-0.05, 0) is 25.7 Å². The summed E-state index contributed by atoms with van der Waals surface area (Å²) in [6.07, 6.45) is 12.5. The molecule has 3 amide bonds. The van der Waals surface area contributed by atoms with Gasteiger partial charge in [0.05, 0.1) is 17.4 Å². The van der Waals surface area contributed by atoms with Crippen LogP contribution in [0.4, 0.5) is 0 Å². The van der Waals surface area contributed by atoms with Crippen LogP contribution in [-0.4, -0.2) is 94.1 Å². The number of ether oxygens (including phenoxy) is 1. The van der Waals surface area contributed by atoms with Crippen LogP contribution in [0.1, 0.15) is 59.3 Å². The summed E-state index contributed by atoms with van der Waals surface area (Å²) in [5.41, 5.74) is -2.12. The summed E-state index contributed by atoms with van der Waals surface area (Å²) in [6.45, 7) is 8.55. The number of aliphatic hydroxyl groups is 1. The number of likely N-dealkylation sites (tertiary alicyclic amines) is 1. The maximum absolute atomic E-state index is 14.1. The third kappa shape index (κ3) is 4.12. The van der Waals surface area contributed by atoms with E-state index in [9.17, 15) is 19.5 Å². The molecule has 4 aliphatic rings. The van der Waals surface area contributed by atoms with Crippen molar-refractivity contribution >= 4 is 17.7 Å². The van der Waals surface area contributed by atoms with Crippen molar-refractivity contribution in [2.45, 2.75) is 76.5 Å². The molecule has 35 heavy (non-hydrogen) atoms. The minimum Gasteiger partial charge on any atom is -0.396 e. The normalized spacial score (nSPS) is 34.2. The second-order valence-corrected chi connectivity index (χ2v) is 10.3. The maximum atomic E-state index is 14.1. The van der Waals surface area contributed by atoms with Crippen LogP contribution in [0.25, 0.3) is 0 Å². The topological polar surface area (TPSA) is 90.4 Å². The van der Waals surface area contributed by atoms with E-state index in [1.165, 1.54) is 0 Å². The van der Waals surface area contributed by atoms with Crippen molar-refractivity contribution in [2.75, 3.05) is 39.3 Å². The van der Waals surface area contributed by atoms with Crippen molar-refractivity contribution in [1.82, 2.24) is 14.7 Å². The van der Waals surface area contributed by atoms with Gasteiger partial charge in [-0.25, -0.2) is 0 Å². The van der Waals surface area contributed by atoms with Crippen molar-refractivity contribution < 1.29 is 24.2 Å². The van der Waals surface area contributed by atoms with Crippen molar-refractivity contribution in [3.8, 4) is 0 Å². The highest BCUT2D eigenvalue weighted by Gasteiger charge is 2.75. The van der Waals surface area contributed by atoms with Crippen molar-refractivity contribution in [1.29, 1.82) is 0 Å². The second kappa shape index (κ2) is 10.4. The lowest BCUT2D eigenvalue weighted by Crippen LogP contribution is -2.56. The zero-order chi connectivity index (χ0) is 25.2. The zero-order valence-electron chi connectivity index (χ0n) is 21.4. The molecule has 0 aromatic rings. The summed E-state index contributed by atoms with van der Waals surface area (Å²) in [5, 5.41) is 9.52. The molecule has 4 aliphatic heterocycles. The number of amides is 3. The molecule has 194 valence electrons. The van der Waals surface area contributed by atoms with Gasteiger partial charge in [0.1, 0.15) is 11.6 Å². The second-order valence-electron chi connectivity index (χ2n) is 10.3. The first kappa shape index (κ1) is 25.9. The van der Waals surface area contributed by atoms with E-state index in [4.69, 9.17) is 4.74 Å². The smallest absolute Gasteiger partial charge is 0.249 e. The van der Waals surface area contributed by atoms with E-state index < -0.39 is 29.1 Å². The molecule has 0 aromatic carbocycles. The van der Waals surface area contributed by atoms with Crippen LogP contribution in [0.2, 0.25) is 0 Å². The van der Waals surface area contributed by atoms with Crippen molar-refractivity contribution in [3.05, 3.63) is 24.3 Å². The first-order valence-corrected chi connectivity index (χ1v) is 13.4. The molecule has 4 heterocycles. The average molecular weight is 488 g/mol. The molecular formula is C27H41N3O5. The number of rotatable bonds is 10. The molecule has 2 saturated heterocycles. The van der Waals surface area contributed by atoms with Gasteiger partial charge in [0.25, 0.3) is 0 Å². The summed E-state index contributed by atoms with van der Waals surface area (Å²) in [7, 11) is 0. The highest BCUT2D eigenvalue weighted by atomic mass is 16.5. The Balaban J connectivity index is 1.80. The fourth-order valence-corrected chi connectivity index (χ4v) is 6.56. The Bertz CT molecular complexity index is 888. The molecule has 0 saturated carbocycles. The highest BCUT2D eigenvalue weighted by Crippen LogP contribution is 2.58. The Morgan fingerprint density at radius 1 is 0.857 bits per heavy atom. The summed E-state index contributed by atoms with van der Waals surface area (Å²) in [6, 6.07) is -0.830. The number of carbonyl (C=O) groups excluding carboxylic acids is 3. The molecule has 2 fully saturated rings. The van der Waals surface area contributed by atoms with E-state index in [0.29, 0.717) is 39.0 Å². The molecule has 1 N–H and O–H groups in total. The van der Waals surface area contributed by atoms with E-state index in [2.05, 4.69) is 6.92 Å². The molecule has 4 rings (SSSR count). The largest absolute Gasteiger partial charge is 0.396 e. The van der Waals surface area contributed by atoms with Gasteiger partial charge in [-0.1, -0.05) is 57.9 Å². The molecule has 5 atom stereocenters. The zero-order valence-corrected chi connectivity index (χ0v) is 21.4. The Labute approximate surface area is 208 Å². The number of hydrogen-bond donors (Lipinski definition) is 1. The molecule has 0 aliphatic carbocycles. The predicted octanol–water partition coefficient (Wildman–Crippen LogP) is 2.13. The number of hydrogen-bond acceptors (Lipinski definition) is 5. The lowest BCUT2D eigenvalue weighted by atomic mass is 9.73. The SMILES string of the molecule is CCCCCN1CC=C[C@]23O[C@]4(CC)C=CCN(CCC)C(=O)[C@@H]4[C@H]2C(=O)N(CCCO)C3C1=O. The maximum Gasteiger partial charge on any atom is 0.249 e. The van der Waals surface area contributed by atoms with Crippen LogP contribution in [0, 0.1) is 11.8 Å². The van der Waals surface area contributed by atoms with Gasteiger partial charge in [0.2, 0.25) is 17.7 Å². The average Bonchev–Trinajstić information content (AvgIpc) is 3.14. The minimum atomic E-state index is -1.20. The third-order valence-corrected chi connectivity index (χ3v) is 8.19. The van der Waals surface area contributed by atoms with Crippen LogP contribution < -0.4 is 0 Å². The van der Waals surface area contributed by atoms with E-state index in [-0.39, 0.29) is 30.9 Å². The van der Waals surface area contributed by atoms with Crippen LogP contribution in [0.15, 0.2) is 24.3 Å². The first-order chi connectivity index (χ1) is 16.9. The van der Waals surface area contributed by atoms with E-state index in [1.54, 1.807) is 4.90 Å². The van der Waals surface area contributed by atoms with E-state index >= 15 is 0 Å². The monoisotopic (exact) mass is 487 g/mol. The molecule has 8 nitrogen and oxygen atoms in total. The molecule has 1 unspecified atom stereocenters. The molecule has 8 heteroatoms. The third-order valence-electron chi connectivity index (χ3n) is 8.19. The minimum absolute atomic E-state index is 0.0680. The van der Waals surface area contributed by atoms with E-state index in [1.807, 2.05) is 48.0 Å². The number of unbranched alkanes of at least 4 members (excludes halogenated alkanes) is 2. The van der Waals surface area contributed by atoms with Crippen LogP contribution >= 0.6 is 0 Å². The molecule has 0 radical (unpaired) electrons. The molecule has 0 bridgehead atoms. The van der Waals surface area contributed by atoms with Crippen LogP contribution in [-0.2, 0) is 19.1 Å². The van der Waals surface area contributed by atoms with Gasteiger partial charge in [-0.3, -0.25) is 14.4 Å². The number of aliphatic hydroxyl groups excluding tert-OH is 1. The standard InChI is InChI=1S/C27H41N3O5/c1-4-7-8-15-29-17-10-13-27-21(24(33)30(18-11-19-31)22(27)25(29)34)20-23(32)28(14-5-2)16-9-12-26(20,6-3)35-27/h9-10,12-13,20-22,31H,4-8,11,14-19H2,1-3H3/t20-,21-,22?,26+,27-/m0/s1. The summed E-state index contributed by atoms with van der Waals surface area (Å²) >= 11 is 0. The van der Waals surface area contributed by atoms with Crippen molar-refractivity contribution in [2.24, 2.45) is 11.8 Å². The highest BCUT2D eigenvalue weighted by molar-refractivity contribution is 6.00. The quantitative estimate of drug-likeness (QED) is 0.377. The lowest BCUT2D eigenvalue weighted by molar-refractivity contribution is -0.154. The van der Waals surface area contributed by atoms with Crippen LogP contribution in [0.5, 0.6) is 0 Å². The van der Waals surface area contributed by atoms with Gasteiger partial charge in [0, 0.05) is 39.3 Å². The van der Waals surface area contributed by atoms with Gasteiger partial charge >= 0.3 is 0 Å². The summed E-state index contributed by atoms with van der Waals surface area (Å²) < 4.78 is 6.91. The van der Waals surface area contributed by atoms with Crippen molar-refractivity contribution in [3.63, 3.8) is 0 Å². The van der Waals surface area contributed by atoms with Gasteiger partial charge in [0.15, 0.2) is 0 Å². The Hall–Kier alpha value is -2.19. The van der Waals surface area contributed by atoms with Crippen LogP contribution in [0.3, 0.4) is 0 Å². The first-order valence-electron chi connectivity index (χ1n) is 13.4. The molecule has 1 spiro atoms. The number of carbonyl (C=O) groups is 3. The van der Waals surface area contributed by atoms with Gasteiger partial charge in [-0.2, -0.15) is 0 Å². The predicted molar refractivity (Wildman–Crippen MR) is 132 cm³/mol. The lowest BCUT2D eigenvalue weighted by Gasteiger charge is -2.38. The fraction of sp³-hybridized carbons (Fsp3) is 0.741. The van der Waals surface area contributed by atoms with E-state index in [0.717, 1.165) is 25.7 Å². The summed E-state index contributed by atoms with van der Waals surface area (Å²) in [4.78, 5) is 47.3. The Morgan fingerprint density at radius 3 is 2.23 bits per heavy atom.